The Morgan fingerprint density at radius 2 is 1.85 bits per heavy atom. The predicted octanol–water partition coefficient (Wildman–Crippen LogP) is 4.15. The number of nitrogens with one attached hydrogen (secondary N) is 1. The number of amides is 1. The van der Waals surface area contributed by atoms with E-state index < -0.39 is 0 Å². The highest BCUT2D eigenvalue weighted by atomic mass is 32.1. The van der Waals surface area contributed by atoms with Crippen LogP contribution in [0.5, 0.6) is 0 Å². The lowest BCUT2D eigenvalue weighted by Gasteiger charge is -2.19. The summed E-state index contributed by atoms with van der Waals surface area (Å²) in [6, 6.07) is 18.1. The first-order chi connectivity index (χ1) is 13.1. The molecule has 138 valence electrons. The van der Waals surface area contributed by atoms with Gasteiger partial charge in [0.05, 0.1) is 11.7 Å². The fourth-order valence-electron chi connectivity index (χ4n) is 3.36. The highest BCUT2D eigenvalue weighted by Crippen LogP contribution is 2.40. The SMILES string of the molecule is Cc1ccc(-c2csc(=O)n2CC(=O)N[C@@H](c2ccccc2)C2CC2)cc1. The summed E-state index contributed by atoms with van der Waals surface area (Å²) >= 11 is 1.13. The maximum Gasteiger partial charge on any atom is 0.308 e. The molecule has 3 aromatic rings. The largest absolute Gasteiger partial charge is 0.347 e. The van der Waals surface area contributed by atoms with E-state index in [4.69, 9.17) is 0 Å². The van der Waals surface area contributed by atoms with E-state index in [-0.39, 0.29) is 23.4 Å². The van der Waals surface area contributed by atoms with E-state index in [2.05, 4.69) is 17.4 Å². The van der Waals surface area contributed by atoms with Gasteiger partial charge in [-0.2, -0.15) is 0 Å². The van der Waals surface area contributed by atoms with E-state index in [1.807, 2.05) is 54.8 Å². The molecule has 0 saturated heterocycles. The van der Waals surface area contributed by atoms with Crippen LogP contribution >= 0.6 is 11.3 Å². The van der Waals surface area contributed by atoms with Crippen LogP contribution in [0.4, 0.5) is 0 Å². The molecule has 1 heterocycles. The molecule has 0 spiro atoms. The van der Waals surface area contributed by atoms with Crippen LogP contribution in [0.2, 0.25) is 0 Å². The van der Waals surface area contributed by atoms with Crippen LogP contribution in [0.15, 0.2) is 64.8 Å². The lowest BCUT2D eigenvalue weighted by molar-refractivity contribution is -0.122. The summed E-state index contributed by atoms with van der Waals surface area (Å²) in [5.41, 5.74) is 4.04. The van der Waals surface area contributed by atoms with Gasteiger partial charge in [-0.15, -0.1) is 0 Å². The summed E-state index contributed by atoms with van der Waals surface area (Å²) in [5, 5.41) is 4.98. The third-order valence-electron chi connectivity index (χ3n) is 5.00. The van der Waals surface area contributed by atoms with Crippen molar-refractivity contribution in [2.75, 3.05) is 0 Å². The number of carbonyl (C=O) groups is 1. The van der Waals surface area contributed by atoms with E-state index in [0.717, 1.165) is 46.6 Å². The van der Waals surface area contributed by atoms with Gasteiger partial charge in [0, 0.05) is 5.38 Å². The Morgan fingerprint density at radius 1 is 1.15 bits per heavy atom. The van der Waals surface area contributed by atoms with Gasteiger partial charge < -0.3 is 5.32 Å². The van der Waals surface area contributed by atoms with Crippen molar-refractivity contribution in [3.63, 3.8) is 0 Å². The molecule has 1 aromatic heterocycles. The number of rotatable bonds is 6. The van der Waals surface area contributed by atoms with Crippen LogP contribution in [-0.4, -0.2) is 10.5 Å². The zero-order valence-electron chi connectivity index (χ0n) is 15.2. The first-order valence-corrected chi connectivity index (χ1v) is 10.1. The molecule has 1 saturated carbocycles. The number of nitrogens with zero attached hydrogens (tertiary/aromatic N) is 1. The highest BCUT2D eigenvalue weighted by Gasteiger charge is 2.33. The van der Waals surface area contributed by atoms with Gasteiger partial charge in [0.1, 0.15) is 6.54 Å². The molecule has 1 N–H and O–H groups in total. The Bertz CT molecular complexity index is 985. The number of hydrogen-bond donors (Lipinski definition) is 1. The molecule has 4 rings (SSSR count). The third kappa shape index (κ3) is 4.03. The molecule has 0 bridgehead atoms. The predicted molar refractivity (Wildman–Crippen MR) is 109 cm³/mol. The van der Waals surface area contributed by atoms with Gasteiger partial charge in [-0.1, -0.05) is 71.5 Å². The molecule has 5 heteroatoms. The smallest absolute Gasteiger partial charge is 0.308 e. The van der Waals surface area contributed by atoms with Crippen molar-refractivity contribution in [3.05, 3.63) is 80.8 Å². The van der Waals surface area contributed by atoms with Crippen molar-refractivity contribution in [1.29, 1.82) is 0 Å². The lowest BCUT2D eigenvalue weighted by Crippen LogP contribution is -2.34. The molecule has 1 aliphatic carbocycles. The molecule has 0 aliphatic heterocycles. The Hall–Kier alpha value is -2.66. The van der Waals surface area contributed by atoms with Crippen LogP contribution in [0.3, 0.4) is 0 Å². The number of benzene rings is 2. The maximum atomic E-state index is 12.8. The molecule has 2 aromatic carbocycles. The highest BCUT2D eigenvalue weighted by molar-refractivity contribution is 7.07. The number of carbonyl (C=O) groups excluding carboxylic acids is 1. The van der Waals surface area contributed by atoms with Crippen molar-refractivity contribution >= 4 is 17.2 Å². The van der Waals surface area contributed by atoms with Crippen molar-refractivity contribution in [2.45, 2.75) is 32.4 Å². The Kier molecular flexibility index (Phi) is 4.94. The van der Waals surface area contributed by atoms with Crippen molar-refractivity contribution in [2.24, 2.45) is 5.92 Å². The van der Waals surface area contributed by atoms with Gasteiger partial charge in [-0.3, -0.25) is 14.2 Å². The molecular weight excluding hydrogens is 356 g/mol. The molecule has 4 nitrogen and oxygen atoms in total. The number of thiazole rings is 1. The standard InChI is InChI=1S/C22H22N2O2S/c1-15-7-9-16(10-8-15)19-14-27-22(26)24(19)13-20(25)23-21(18-11-12-18)17-5-3-2-4-6-17/h2-10,14,18,21H,11-13H2,1H3,(H,23,25)/t21-/m0/s1. The molecule has 0 unspecified atom stereocenters. The minimum Gasteiger partial charge on any atom is -0.347 e. The second-order valence-electron chi connectivity index (χ2n) is 7.13. The Labute approximate surface area is 162 Å². The van der Waals surface area contributed by atoms with Crippen LogP contribution < -0.4 is 10.2 Å². The topological polar surface area (TPSA) is 51.1 Å². The molecule has 0 radical (unpaired) electrons. The van der Waals surface area contributed by atoms with Gasteiger partial charge in [0.2, 0.25) is 5.91 Å². The molecule has 1 atom stereocenters. The fourth-order valence-corrected chi connectivity index (χ4v) is 4.12. The van der Waals surface area contributed by atoms with E-state index in [9.17, 15) is 9.59 Å². The van der Waals surface area contributed by atoms with E-state index in [1.54, 1.807) is 4.57 Å². The van der Waals surface area contributed by atoms with Gasteiger partial charge >= 0.3 is 4.87 Å². The molecule has 1 aliphatic rings. The average molecular weight is 378 g/mol. The van der Waals surface area contributed by atoms with Crippen molar-refractivity contribution in [1.82, 2.24) is 9.88 Å². The quantitative estimate of drug-likeness (QED) is 0.700. The van der Waals surface area contributed by atoms with Crippen LogP contribution in [0.25, 0.3) is 11.3 Å². The first kappa shape index (κ1) is 17.7. The monoisotopic (exact) mass is 378 g/mol. The van der Waals surface area contributed by atoms with E-state index >= 15 is 0 Å². The number of hydrogen-bond acceptors (Lipinski definition) is 3. The number of aryl methyl sites for hydroxylation is 1. The third-order valence-corrected chi connectivity index (χ3v) is 5.76. The summed E-state index contributed by atoms with van der Waals surface area (Å²) in [6.07, 6.45) is 2.26. The van der Waals surface area contributed by atoms with Gasteiger partial charge in [0.25, 0.3) is 0 Å². The molecule has 27 heavy (non-hydrogen) atoms. The van der Waals surface area contributed by atoms with Gasteiger partial charge in [-0.05, 0) is 36.8 Å². The Balaban J connectivity index is 1.54. The minimum absolute atomic E-state index is 0.0239. The second-order valence-corrected chi connectivity index (χ2v) is 7.95. The van der Waals surface area contributed by atoms with Crippen LogP contribution in [0.1, 0.15) is 30.0 Å². The van der Waals surface area contributed by atoms with Crippen molar-refractivity contribution in [3.8, 4) is 11.3 Å². The minimum atomic E-state index is -0.121. The van der Waals surface area contributed by atoms with Gasteiger partial charge in [-0.25, -0.2) is 0 Å². The van der Waals surface area contributed by atoms with Crippen LogP contribution in [-0.2, 0) is 11.3 Å². The second kappa shape index (κ2) is 7.53. The Morgan fingerprint density at radius 3 is 2.52 bits per heavy atom. The average Bonchev–Trinajstić information content (AvgIpc) is 3.46. The fraction of sp³-hybridized carbons (Fsp3) is 0.273. The summed E-state index contributed by atoms with van der Waals surface area (Å²) in [7, 11) is 0. The van der Waals surface area contributed by atoms with Gasteiger partial charge in [0.15, 0.2) is 0 Å². The summed E-state index contributed by atoms with van der Waals surface area (Å²) in [6.45, 7) is 2.07. The summed E-state index contributed by atoms with van der Waals surface area (Å²) < 4.78 is 1.57. The molecule has 1 amide bonds. The first-order valence-electron chi connectivity index (χ1n) is 9.21. The summed E-state index contributed by atoms with van der Waals surface area (Å²) in [4.78, 5) is 25.0. The number of aromatic nitrogens is 1. The van der Waals surface area contributed by atoms with Crippen LogP contribution in [0, 0.1) is 12.8 Å². The normalized spacial score (nSPS) is 14.7. The molecular formula is C22H22N2O2S. The maximum absolute atomic E-state index is 12.8. The van der Waals surface area contributed by atoms with Crippen molar-refractivity contribution < 1.29 is 4.79 Å². The van der Waals surface area contributed by atoms with E-state index in [1.165, 1.54) is 0 Å². The lowest BCUT2D eigenvalue weighted by atomic mass is 10.0. The van der Waals surface area contributed by atoms with E-state index in [0.29, 0.717) is 5.92 Å². The zero-order chi connectivity index (χ0) is 18.8. The summed E-state index contributed by atoms with van der Waals surface area (Å²) in [5.74, 6) is 0.372. The molecule has 1 fully saturated rings. The zero-order valence-corrected chi connectivity index (χ0v) is 16.0.